The second-order valence-corrected chi connectivity index (χ2v) is 8.25. The van der Waals surface area contributed by atoms with Crippen LogP contribution in [0.2, 0.25) is 0 Å². The molecule has 32 heavy (non-hydrogen) atoms. The zero-order valence-electron chi connectivity index (χ0n) is 17.8. The van der Waals surface area contributed by atoms with Crippen molar-refractivity contribution in [3.63, 3.8) is 0 Å². The first-order valence-electron chi connectivity index (χ1n) is 10.8. The Bertz CT molecular complexity index is 1200. The number of Topliss-reactive ketones (excluding diaryl/α,β-unsaturated/α-hetero) is 1. The molecule has 0 radical (unpaired) electrons. The molecule has 2 aliphatic rings. The van der Waals surface area contributed by atoms with Crippen LogP contribution < -0.4 is 4.90 Å². The highest BCUT2D eigenvalue weighted by Crippen LogP contribution is 2.24. The number of hydrogen-bond acceptors (Lipinski definition) is 6. The number of alkyl halides is 2. The molecule has 0 aromatic carbocycles. The van der Waals surface area contributed by atoms with Crippen molar-refractivity contribution in [1.82, 2.24) is 24.3 Å². The number of piperazine rings is 1. The maximum atomic E-state index is 12.9. The Labute approximate surface area is 184 Å². The maximum absolute atomic E-state index is 12.9. The molecular formula is C23H24F2N6O. The molecule has 7 nitrogen and oxygen atoms in total. The fourth-order valence-electron chi connectivity index (χ4n) is 4.33. The summed E-state index contributed by atoms with van der Waals surface area (Å²) in [7, 11) is 0. The molecule has 1 fully saturated rings. The van der Waals surface area contributed by atoms with E-state index >= 15 is 0 Å². The molecule has 5 rings (SSSR count). The van der Waals surface area contributed by atoms with Crippen LogP contribution in [0.4, 0.5) is 14.6 Å². The van der Waals surface area contributed by atoms with Gasteiger partial charge in [0.05, 0.1) is 18.1 Å². The average Bonchev–Trinajstić information content (AvgIpc) is 3.23. The molecule has 0 spiro atoms. The zero-order chi connectivity index (χ0) is 22.2. The Morgan fingerprint density at radius 1 is 1.09 bits per heavy atom. The van der Waals surface area contributed by atoms with Crippen LogP contribution in [0.15, 0.2) is 36.4 Å². The van der Waals surface area contributed by atoms with Gasteiger partial charge in [0.15, 0.2) is 11.4 Å². The highest BCUT2D eigenvalue weighted by Gasteiger charge is 2.22. The zero-order valence-corrected chi connectivity index (χ0v) is 17.8. The smallest absolute Gasteiger partial charge is 0.281 e. The highest BCUT2D eigenvalue weighted by atomic mass is 19.3. The number of carbonyl (C=O) groups excluding carboxylic acids is 1. The van der Waals surface area contributed by atoms with E-state index in [2.05, 4.69) is 30.8 Å². The number of imidazole rings is 1. The minimum absolute atomic E-state index is 0.190. The monoisotopic (exact) mass is 438 g/mol. The summed E-state index contributed by atoms with van der Waals surface area (Å²) in [4.78, 5) is 29.6. The van der Waals surface area contributed by atoms with Gasteiger partial charge >= 0.3 is 0 Å². The fourth-order valence-corrected chi connectivity index (χ4v) is 4.33. The Morgan fingerprint density at radius 3 is 2.66 bits per heavy atom. The van der Waals surface area contributed by atoms with Crippen LogP contribution in [0.5, 0.6) is 0 Å². The van der Waals surface area contributed by atoms with Gasteiger partial charge in [0.1, 0.15) is 11.5 Å². The lowest BCUT2D eigenvalue weighted by atomic mass is 9.92. The Morgan fingerprint density at radius 2 is 1.91 bits per heavy atom. The predicted molar refractivity (Wildman–Crippen MR) is 117 cm³/mol. The lowest BCUT2D eigenvalue weighted by molar-refractivity contribution is -0.115. The molecular weight excluding hydrogens is 414 g/mol. The van der Waals surface area contributed by atoms with Gasteiger partial charge in [0.2, 0.25) is 0 Å². The van der Waals surface area contributed by atoms with Crippen molar-refractivity contribution in [1.29, 1.82) is 0 Å². The highest BCUT2D eigenvalue weighted by molar-refractivity contribution is 6.03. The van der Waals surface area contributed by atoms with Crippen molar-refractivity contribution in [2.24, 2.45) is 0 Å². The van der Waals surface area contributed by atoms with E-state index in [1.54, 1.807) is 10.6 Å². The summed E-state index contributed by atoms with van der Waals surface area (Å²) in [6.07, 6.45) is 7.04. The number of halogens is 2. The third-order valence-electron chi connectivity index (χ3n) is 6.13. The van der Waals surface area contributed by atoms with E-state index in [1.165, 1.54) is 12.4 Å². The van der Waals surface area contributed by atoms with Crippen LogP contribution >= 0.6 is 0 Å². The molecule has 4 heterocycles. The van der Waals surface area contributed by atoms with E-state index in [4.69, 9.17) is 0 Å². The normalized spacial score (nSPS) is 17.2. The van der Waals surface area contributed by atoms with Crippen molar-refractivity contribution >= 4 is 23.3 Å². The molecule has 1 saturated heterocycles. The summed E-state index contributed by atoms with van der Waals surface area (Å²) in [5.74, 6) is 0.943. The van der Waals surface area contributed by atoms with Gasteiger partial charge in [-0.1, -0.05) is 13.0 Å². The molecule has 0 bridgehead atoms. The van der Waals surface area contributed by atoms with E-state index in [9.17, 15) is 13.6 Å². The summed E-state index contributed by atoms with van der Waals surface area (Å²) in [6, 6.07) is 2.10. The summed E-state index contributed by atoms with van der Waals surface area (Å²) in [6.45, 7) is 6.04. The number of aromatic nitrogens is 4. The molecule has 0 unspecified atom stereocenters. The molecule has 3 aromatic heterocycles. The molecule has 0 amide bonds. The molecule has 166 valence electrons. The van der Waals surface area contributed by atoms with Gasteiger partial charge in [-0.15, -0.1) is 0 Å². The van der Waals surface area contributed by atoms with Gasteiger partial charge in [0, 0.05) is 51.5 Å². The van der Waals surface area contributed by atoms with Crippen LogP contribution in [-0.4, -0.2) is 56.2 Å². The Kier molecular flexibility index (Phi) is 5.42. The number of allylic oxidation sites excluding steroid dienone is 1. The Hall–Kier alpha value is -3.20. The van der Waals surface area contributed by atoms with Crippen molar-refractivity contribution in [2.45, 2.75) is 32.7 Å². The van der Waals surface area contributed by atoms with Crippen LogP contribution in [-0.2, 0) is 17.8 Å². The van der Waals surface area contributed by atoms with Crippen molar-refractivity contribution < 1.29 is 13.6 Å². The lowest BCUT2D eigenvalue weighted by Crippen LogP contribution is -2.46. The second kappa shape index (κ2) is 8.38. The van der Waals surface area contributed by atoms with E-state index in [1.807, 2.05) is 19.2 Å². The number of carbonyl (C=O) groups is 1. The van der Waals surface area contributed by atoms with Gasteiger partial charge in [-0.25, -0.2) is 18.7 Å². The van der Waals surface area contributed by atoms with Gasteiger partial charge in [0.25, 0.3) is 6.43 Å². The first kappa shape index (κ1) is 20.7. The SMILES string of the molecule is CCC1=Cc2ncc(CN3CCN(c4cn5cc(C(F)F)nc5cn4)CC3)cc2CC1=O. The first-order valence-corrected chi connectivity index (χ1v) is 10.8. The third-order valence-corrected chi connectivity index (χ3v) is 6.13. The van der Waals surface area contributed by atoms with E-state index in [0.717, 1.165) is 67.4 Å². The molecule has 3 aromatic rings. The number of hydrogen-bond donors (Lipinski definition) is 0. The fraction of sp³-hybridized carbons (Fsp3) is 0.391. The largest absolute Gasteiger partial charge is 0.353 e. The molecule has 1 aliphatic heterocycles. The van der Waals surface area contributed by atoms with Gasteiger partial charge in [-0.05, 0) is 29.2 Å². The number of nitrogens with zero attached hydrogens (tertiary/aromatic N) is 6. The number of anilines is 1. The summed E-state index contributed by atoms with van der Waals surface area (Å²) < 4.78 is 27.4. The molecule has 0 N–H and O–H groups in total. The quantitative estimate of drug-likeness (QED) is 0.609. The van der Waals surface area contributed by atoms with Crippen LogP contribution in [0.1, 0.15) is 42.3 Å². The van der Waals surface area contributed by atoms with Gasteiger partial charge in [-0.3, -0.25) is 14.7 Å². The number of pyridine rings is 1. The molecule has 0 atom stereocenters. The van der Waals surface area contributed by atoms with Crippen molar-refractivity contribution in [3.8, 4) is 0 Å². The minimum Gasteiger partial charge on any atom is -0.353 e. The molecule has 0 saturated carbocycles. The predicted octanol–water partition coefficient (Wildman–Crippen LogP) is 3.30. The third kappa shape index (κ3) is 4.00. The van der Waals surface area contributed by atoms with Gasteiger partial charge in [-0.2, -0.15) is 0 Å². The van der Waals surface area contributed by atoms with Crippen molar-refractivity contribution in [2.75, 3.05) is 31.1 Å². The average molecular weight is 438 g/mol. The summed E-state index contributed by atoms with van der Waals surface area (Å²) in [5, 5.41) is 0. The second-order valence-electron chi connectivity index (χ2n) is 8.25. The first-order chi connectivity index (χ1) is 15.5. The van der Waals surface area contributed by atoms with E-state index < -0.39 is 6.43 Å². The topological polar surface area (TPSA) is 66.6 Å². The number of ketones is 1. The van der Waals surface area contributed by atoms with Crippen molar-refractivity contribution in [3.05, 3.63) is 58.9 Å². The standard InChI is InChI=1S/C23H24F2N6O/c1-2-16-8-18-17(9-20(16)32)7-15(10-26-18)12-29-3-5-30(6-4-29)22-14-31-13-19(23(24)25)28-21(31)11-27-22/h7-8,10-11,13-14,23H,2-6,9,12H2,1H3. The summed E-state index contributed by atoms with van der Waals surface area (Å²) >= 11 is 0. The van der Waals surface area contributed by atoms with Crippen LogP contribution in [0.25, 0.3) is 11.7 Å². The summed E-state index contributed by atoms with van der Waals surface area (Å²) in [5.41, 5.74) is 4.05. The number of rotatable bonds is 5. The van der Waals surface area contributed by atoms with Gasteiger partial charge < -0.3 is 9.30 Å². The lowest BCUT2D eigenvalue weighted by Gasteiger charge is -2.35. The minimum atomic E-state index is -2.59. The maximum Gasteiger partial charge on any atom is 0.281 e. The number of fused-ring (bicyclic) bond motifs is 2. The van der Waals surface area contributed by atoms with E-state index in [0.29, 0.717) is 12.1 Å². The Balaban J connectivity index is 1.23. The van der Waals surface area contributed by atoms with Crippen LogP contribution in [0, 0.1) is 0 Å². The molecule has 9 heteroatoms. The molecule has 1 aliphatic carbocycles. The van der Waals surface area contributed by atoms with Crippen LogP contribution in [0.3, 0.4) is 0 Å². The van der Waals surface area contributed by atoms with E-state index in [-0.39, 0.29) is 11.5 Å².